The predicted molar refractivity (Wildman–Crippen MR) is 39.0 cm³/mol. The minimum absolute atomic E-state index is 0.0520. The molecule has 0 aromatic carbocycles. The highest BCUT2D eigenvalue weighted by molar-refractivity contribution is 8.02. The maximum absolute atomic E-state index is 10.4. The lowest BCUT2D eigenvalue weighted by Crippen LogP contribution is -2.28. The lowest BCUT2D eigenvalue weighted by atomic mass is 10.4. The standard InChI is InChI=1S/C6H9NOS/c1-5(8)7-6-3-2-4-9-6/h2,4,6H,3H2,1H3,(H,7,8). The Balaban J connectivity index is 2.22. The van der Waals surface area contributed by atoms with Gasteiger partial charge in [0, 0.05) is 6.92 Å². The van der Waals surface area contributed by atoms with Crippen LogP contribution >= 0.6 is 11.8 Å². The Bertz CT molecular complexity index is 136. The number of hydrogen-bond donors (Lipinski definition) is 1. The van der Waals surface area contributed by atoms with Gasteiger partial charge < -0.3 is 5.32 Å². The van der Waals surface area contributed by atoms with E-state index < -0.39 is 0 Å². The molecule has 1 unspecified atom stereocenters. The lowest BCUT2D eigenvalue weighted by molar-refractivity contribution is -0.119. The van der Waals surface area contributed by atoms with Crippen LogP contribution in [0.2, 0.25) is 0 Å². The van der Waals surface area contributed by atoms with Gasteiger partial charge in [-0.2, -0.15) is 0 Å². The molecule has 2 nitrogen and oxygen atoms in total. The van der Waals surface area contributed by atoms with Crippen molar-refractivity contribution in [3.05, 3.63) is 11.5 Å². The molecule has 1 aliphatic rings. The van der Waals surface area contributed by atoms with Crippen LogP contribution in [0.3, 0.4) is 0 Å². The zero-order valence-corrected chi connectivity index (χ0v) is 6.07. The van der Waals surface area contributed by atoms with Gasteiger partial charge >= 0.3 is 0 Å². The van der Waals surface area contributed by atoms with Crippen LogP contribution < -0.4 is 5.32 Å². The van der Waals surface area contributed by atoms with E-state index in [4.69, 9.17) is 0 Å². The van der Waals surface area contributed by atoms with Crippen LogP contribution in [0.4, 0.5) is 0 Å². The van der Waals surface area contributed by atoms with Gasteiger partial charge in [-0.05, 0) is 11.8 Å². The Morgan fingerprint density at radius 2 is 2.67 bits per heavy atom. The first-order valence-electron chi connectivity index (χ1n) is 2.86. The molecule has 1 heterocycles. The first-order valence-corrected chi connectivity index (χ1v) is 3.81. The normalized spacial score (nSPS) is 24.3. The summed E-state index contributed by atoms with van der Waals surface area (Å²) in [6, 6.07) is 0. The second-order valence-corrected chi connectivity index (χ2v) is 3.05. The largest absolute Gasteiger partial charge is 0.344 e. The topological polar surface area (TPSA) is 29.1 Å². The molecule has 1 rings (SSSR count). The van der Waals surface area contributed by atoms with E-state index in [1.807, 2.05) is 5.41 Å². The maximum Gasteiger partial charge on any atom is 0.217 e. The smallest absolute Gasteiger partial charge is 0.217 e. The van der Waals surface area contributed by atoms with Gasteiger partial charge in [0.2, 0.25) is 5.91 Å². The zero-order chi connectivity index (χ0) is 6.69. The average molecular weight is 143 g/mol. The van der Waals surface area contributed by atoms with Crippen LogP contribution in [-0.2, 0) is 4.79 Å². The van der Waals surface area contributed by atoms with Crippen molar-refractivity contribution in [1.29, 1.82) is 0 Å². The second kappa shape index (κ2) is 2.92. The molecular formula is C6H9NOS. The molecule has 0 saturated carbocycles. The third-order valence-electron chi connectivity index (χ3n) is 1.05. The molecule has 0 aromatic heterocycles. The number of hydrogen-bond acceptors (Lipinski definition) is 2. The summed E-state index contributed by atoms with van der Waals surface area (Å²) in [5, 5.41) is 5.11. The fourth-order valence-electron chi connectivity index (χ4n) is 0.705. The maximum atomic E-state index is 10.4. The number of nitrogens with one attached hydrogen (secondary N) is 1. The van der Waals surface area contributed by atoms with E-state index in [1.165, 1.54) is 0 Å². The van der Waals surface area contributed by atoms with Gasteiger partial charge in [0.1, 0.15) is 0 Å². The number of carbonyl (C=O) groups is 1. The van der Waals surface area contributed by atoms with E-state index in [0.717, 1.165) is 6.42 Å². The van der Waals surface area contributed by atoms with Crippen molar-refractivity contribution in [2.45, 2.75) is 18.7 Å². The fraction of sp³-hybridized carbons (Fsp3) is 0.500. The summed E-state index contributed by atoms with van der Waals surface area (Å²) in [6.07, 6.45) is 3.02. The van der Waals surface area contributed by atoms with Crippen LogP contribution in [0.25, 0.3) is 0 Å². The lowest BCUT2D eigenvalue weighted by Gasteiger charge is -2.07. The molecule has 1 amide bonds. The molecule has 1 atom stereocenters. The van der Waals surface area contributed by atoms with E-state index in [0.29, 0.717) is 5.37 Å². The Kier molecular flexibility index (Phi) is 2.16. The van der Waals surface area contributed by atoms with Gasteiger partial charge in [-0.25, -0.2) is 0 Å². The highest BCUT2D eigenvalue weighted by Crippen LogP contribution is 2.20. The monoisotopic (exact) mass is 143 g/mol. The molecule has 50 valence electrons. The predicted octanol–water partition coefficient (Wildman–Crippen LogP) is 1.10. The first-order chi connectivity index (χ1) is 4.29. The average Bonchev–Trinajstić information content (AvgIpc) is 2.15. The van der Waals surface area contributed by atoms with Crippen molar-refractivity contribution < 1.29 is 4.79 Å². The van der Waals surface area contributed by atoms with Gasteiger partial charge in [-0.15, -0.1) is 11.8 Å². The summed E-state index contributed by atoms with van der Waals surface area (Å²) >= 11 is 1.66. The molecule has 1 N–H and O–H groups in total. The van der Waals surface area contributed by atoms with Crippen molar-refractivity contribution in [3.63, 3.8) is 0 Å². The van der Waals surface area contributed by atoms with Crippen LogP contribution in [0.1, 0.15) is 13.3 Å². The third kappa shape index (κ3) is 2.10. The Hall–Kier alpha value is -0.440. The summed E-state index contributed by atoms with van der Waals surface area (Å²) in [6.45, 7) is 1.54. The molecule has 0 bridgehead atoms. The summed E-state index contributed by atoms with van der Waals surface area (Å²) in [7, 11) is 0. The highest BCUT2D eigenvalue weighted by Gasteiger charge is 2.10. The van der Waals surface area contributed by atoms with Crippen LogP contribution in [0.5, 0.6) is 0 Å². The molecule has 3 heteroatoms. The quantitative estimate of drug-likeness (QED) is 0.595. The van der Waals surface area contributed by atoms with Crippen molar-refractivity contribution >= 4 is 17.7 Å². The highest BCUT2D eigenvalue weighted by atomic mass is 32.2. The van der Waals surface area contributed by atoms with E-state index in [2.05, 4.69) is 11.4 Å². The SMILES string of the molecule is CC(=O)NC1CC=CS1. The summed E-state index contributed by atoms with van der Waals surface area (Å²) in [5.41, 5.74) is 0. The van der Waals surface area contributed by atoms with Gasteiger partial charge in [0.25, 0.3) is 0 Å². The van der Waals surface area contributed by atoms with Crippen molar-refractivity contribution in [2.75, 3.05) is 0 Å². The molecular weight excluding hydrogens is 134 g/mol. The first kappa shape index (κ1) is 6.68. The van der Waals surface area contributed by atoms with E-state index >= 15 is 0 Å². The van der Waals surface area contributed by atoms with E-state index in [9.17, 15) is 4.79 Å². The zero-order valence-electron chi connectivity index (χ0n) is 5.26. The number of carbonyl (C=O) groups excluding carboxylic acids is 1. The van der Waals surface area contributed by atoms with Crippen molar-refractivity contribution in [1.82, 2.24) is 5.32 Å². The van der Waals surface area contributed by atoms with Crippen LogP contribution in [0, 0.1) is 0 Å². The second-order valence-electron chi connectivity index (χ2n) is 1.93. The Morgan fingerprint density at radius 1 is 1.89 bits per heavy atom. The molecule has 1 aliphatic heterocycles. The summed E-state index contributed by atoms with van der Waals surface area (Å²) in [5.74, 6) is 0.0520. The number of amides is 1. The molecule has 0 fully saturated rings. The molecule has 0 aromatic rings. The van der Waals surface area contributed by atoms with Gasteiger partial charge in [-0.3, -0.25) is 4.79 Å². The molecule has 9 heavy (non-hydrogen) atoms. The third-order valence-corrected chi connectivity index (χ3v) is 2.04. The van der Waals surface area contributed by atoms with Crippen molar-refractivity contribution in [3.8, 4) is 0 Å². The van der Waals surface area contributed by atoms with Crippen molar-refractivity contribution in [2.24, 2.45) is 0 Å². The van der Waals surface area contributed by atoms with Gasteiger partial charge in [0.05, 0.1) is 5.37 Å². The van der Waals surface area contributed by atoms with E-state index in [-0.39, 0.29) is 5.91 Å². The van der Waals surface area contributed by atoms with Gasteiger partial charge in [-0.1, -0.05) is 6.08 Å². The van der Waals surface area contributed by atoms with Crippen LogP contribution in [-0.4, -0.2) is 11.3 Å². The fourth-order valence-corrected chi connectivity index (χ4v) is 1.57. The number of thioether (sulfide) groups is 1. The summed E-state index contributed by atoms with van der Waals surface area (Å²) in [4.78, 5) is 10.4. The Labute approximate surface area is 58.7 Å². The van der Waals surface area contributed by atoms with Crippen LogP contribution in [0.15, 0.2) is 11.5 Å². The van der Waals surface area contributed by atoms with E-state index in [1.54, 1.807) is 18.7 Å². The summed E-state index contributed by atoms with van der Waals surface area (Å²) < 4.78 is 0. The Morgan fingerprint density at radius 3 is 3.11 bits per heavy atom. The minimum Gasteiger partial charge on any atom is -0.344 e. The minimum atomic E-state index is 0.0520. The molecule has 0 spiro atoms. The van der Waals surface area contributed by atoms with Gasteiger partial charge in [0.15, 0.2) is 0 Å². The molecule has 0 radical (unpaired) electrons. The number of rotatable bonds is 1. The molecule has 0 aliphatic carbocycles. The molecule has 0 saturated heterocycles.